The number of halogens is 1. The van der Waals surface area contributed by atoms with Crippen LogP contribution in [-0.4, -0.2) is 18.8 Å². The highest BCUT2D eigenvalue weighted by molar-refractivity contribution is 6.30. The molecule has 5 nitrogen and oxygen atoms in total. The van der Waals surface area contributed by atoms with E-state index in [2.05, 4.69) is 10.0 Å². The minimum absolute atomic E-state index is 0.206. The summed E-state index contributed by atoms with van der Waals surface area (Å²) in [5.74, 6) is 1.34. The topological polar surface area (TPSA) is 67.2 Å². The van der Waals surface area contributed by atoms with Crippen molar-refractivity contribution >= 4 is 11.6 Å². The third kappa shape index (κ3) is 2.82. The van der Waals surface area contributed by atoms with Gasteiger partial charge < -0.3 is 9.47 Å². The Kier molecular flexibility index (Phi) is 3.84. The van der Waals surface area contributed by atoms with Crippen molar-refractivity contribution in [1.82, 2.24) is 0 Å². The molecule has 0 aromatic heterocycles. The molecule has 0 unspecified atom stereocenters. The maximum absolute atomic E-state index is 8.51. The zero-order valence-corrected chi connectivity index (χ0v) is 12.7. The summed E-state index contributed by atoms with van der Waals surface area (Å²) < 4.78 is 11.9. The first-order chi connectivity index (χ1) is 10.6. The van der Waals surface area contributed by atoms with Crippen LogP contribution in [0, 0.1) is 0 Å². The molecule has 0 bridgehead atoms. The fourth-order valence-corrected chi connectivity index (χ4v) is 2.48. The second-order valence-corrected chi connectivity index (χ2v) is 5.81. The van der Waals surface area contributed by atoms with Gasteiger partial charge in [0.15, 0.2) is 11.5 Å². The van der Waals surface area contributed by atoms with Gasteiger partial charge in [0, 0.05) is 15.5 Å². The van der Waals surface area contributed by atoms with Gasteiger partial charge in [-0.1, -0.05) is 41.0 Å². The smallest absolute Gasteiger partial charge is 0.170 e. The van der Waals surface area contributed by atoms with Crippen molar-refractivity contribution in [1.29, 1.82) is 0 Å². The average molecular weight is 316 g/mol. The molecule has 0 spiro atoms. The fourth-order valence-electron chi connectivity index (χ4n) is 2.36. The molecule has 0 N–H and O–H groups in total. The molecule has 1 atom stereocenters. The van der Waals surface area contributed by atoms with Gasteiger partial charge in [-0.3, -0.25) is 0 Å². The van der Waals surface area contributed by atoms with E-state index in [-0.39, 0.29) is 6.54 Å². The molecule has 0 saturated heterocycles. The molecule has 1 aliphatic heterocycles. The summed E-state index contributed by atoms with van der Waals surface area (Å²) in [5.41, 5.74) is 9.74. The largest absolute Gasteiger partial charge is 0.486 e. The fraction of sp³-hybridized carbons (Fsp3) is 0.250. The Morgan fingerprint density at radius 2 is 2.05 bits per heavy atom. The van der Waals surface area contributed by atoms with Crippen LogP contribution in [0.4, 0.5) is 0 Å². The van der Waals surface area contributed by atoms with Crippen LogP contribution in [0.2, 0.25) is 5.02 Å². The molecule has 0 radical (unpaired) electrons. The van der Waals surface area contributed by atoms with E-state index in [0.717, 1.165) is 11.1 Å². The van der Waals surface area contributed by atoms with Crippen LogP contribution in [0.15, 0.2) is 47.6 Å². The van der Waals surface area contributed by atoms with Crippen LogP contribution in [0.1, 0.15) is 6.92 Å². The van der Waals surface area contributed by atoms with Crippen LogP contribution in [0.5, 0.6) is 11.5 Å². The van der Waals surface area contributed by atoms with Gasteiger partial charge in [-0.15, -0.1) is 0 Å². The number of para-hydroxylation sites is 1. The summed E-state index contributed by atoms with van der Waals surface area (Å²) in [6.07, 6.45) is 0. The van der Waals surface area contributed by atoms with E-state index >= 15 is 0 Å². The molecule has 6 heteroatoms. The monoisotopic (exact) mass is 315 g/mol. The van der Waals surface area contributed by atoms with Gasteiger partial charge in [-0.25, -0.2) is 0 Å². The second-order valence-electron chi connectivity index (χ2n) is 5.37. The molecule has 0 fully saturated rings. The van der Waals surface area contributed by atoms with E-state index in [1.807, 2.05) is 49.4 Å². The Morgan fingerprint density at radius 1 is 1.27 bits per heavy atom. The lowest BCUT2D eigenvalue weighted by atomic mass is 10.0. The van der Waals surface area contributed by atoms with Crippen LogP contribution in [-0.2, 0) is 0 Å². The zero-order valence-electron chi connectivity index (χ0n) is 12.0. The first-order valence-electron chi connectivity index (χ1n) is 6.83. The number of fused-ring (bicyclic) bond motifs is 1. The van der Waals surface area contributed by atoms with Crippen molar-refractivity contribution in [2.45, 2.75) is 12.5 Å². The number of nitrogens with zero attached hydrogens (tertiary/aromatic N) is 3. The minimum Gasteiger partial charge on any atom is -0.486 e. The van der Waals surface area contributed by atoms with Gasteiger partial charge >= 0.3 is 0 Å². The summed E-state index contributed by atoms with van der Waals surface area (Å²) >= 11 is 5.94. The zero-order chi connectivity index (χ0) is 15.6. The summed E-state index contributed by atoms with van der Waals surface area (Å²) in [5, 5.41) is 4.29. The van der Waals surface area contributed by atoms with E-state index in [4.69, 9.17) is 26.6 Å². The van der Waals surface area contributed by atoms with E-state index in [0.29, 0.717) is 23.1 Å². The highest BCUT2D eigenvalue weighted by Crippen LogP contribution is 2.43. The summed E-state index contributed by atoms with van der Waals surface area (Å²) in [6, 6.07) is 13.3. The van der Waals surface area contributed by atoms with Crippen molar-refractivity contribution in [2.75, 3.05) is 13.2 Å². The molecule has 22 heavy (non-hydrogen) atoms. The molecular formula is C16H14ClN3O2. The molecule has 0 amide bonds. The van der Waals surface area contributed by atoms with Gasteiger partial charge in [0.2, 0.25) is 0 Å². The Morgan fingerprint density at radius 3 is 2.77 bits per heavy atom. The molecule has 2 aromatic rings. The molecular weight excluding hydrogens is 302 g/mol. The van der Waals surface area contributed by atoms with Crippen LogP contribution >= 0.6 is 11.6 Å². The van der Waals surface area contributed by atoms with E-state index in [9.17, 15) is 0 Å². The van der Waals surface area contributed by atoms with Crippen molar-refractivity contribution in [2.24, 2.45) is 5.11 Å². The molecule has 112 valence electrons. The molecule has 2 aromatic carbocycles. The van der Waals surface area contributed by atoms with E-state index < -0.39 is 5.60 Å². The number of hydrogen-bond donors (Lipinski definition) is 0. The Hall–Kier alpha value is -2.36. The summed E-state index contributed by atoms with van der Waals surface area (Å²) in [4.78, 5) is 2.80. The highest BCUT2D eigenvalue weighted by atomic mass is 35.5. The Bertz CT molecular complexity index is 742. The van der Waals surface area contributed by atoms with Crippen molar-refractivity contribution in [3.05, 3.63) is 57.9 Å². The Labute approximate surface area is 133 Å². The lowest BCUT2D eigenvalue weighted by Crippen LogP contribution is -2.44. The standard InChI is InChI=1S/C16H14ClN3O2/c1-16(9-19-20-18)10-21-14-4-2-3-13(15(14)22-16)11-5-7-12(17)8-6-11/h2-8H,9-10H2,1H3/t16-/m0/s1. The number of benzene rings is 2. The number of azide groups is 1. The average Bonchev–Trinajstić information content (AvgIpc) is 2.53. The van der Waals surface area contributed by atoms with E-state index in [1.54, 1.807) is 0 Å². The second kappa shape index (κ2) is 5.79. The third-order valence-corrected chi connectivity index (χ3v) is 3.74. The van der Waals surface area contributed by atoms with Gasteiger partial charge in [0.1, 0.15) is 12.2 Å². The normalized spacial score (nSPS) is 19.4. The maximum Gasteiger partial charge on any atom is 0.170 e. The molecule has 0 saturated carbocycles. The first kappa shape index (κ1) is 14.6. The predicted molar refractivity (Wildman–Crippen MR) is 85.4 cm³/mol. The molecule has 1 aliphatic rings. The van der Waals surface area contributed by atoms with E-state index in [1.165, 1.54) is 0 Å². The quantitative estimate of drug-likeness (QED) is 0.461. The molecule has 0 aliphatic carbocycles. The number of hydrogen-bond acceptors (Lipinski definition) is 3. The van der Waals surface area contributed by atoms with Crippen molar-refractivity contribution in [3.63, 3.8) is 0 Å². The summed E-state index contributed by atoms with van der Waals surface area (Å²) in [7, 11) is 0. The predicted octanol–water partition coefficient (Wildman–Crippen LogP) is 4.85. The number of rotatable bonds is 3. The Balaban J connectivity index is 2.02. The van der Waals surface area contributed by atoms with Gasteiger partial charge in [0.25, 0.3) is 0 Å². The van der Waals surface area contributed by atoms with Gasteiger partial charge in [0.05, 0.1) is 6.54 Å². The van der Waals surface area contributed by atoms with Crippen LogP contribution in [0.25, 0.3) is 21.6 Å². The minimum atomic E-state index is -0.679. The van der Waals surface area contributed by atoms with Gasteiger partial charge in [-0.05, 0) is 36.2 Å². The van der Waals surface area contributed by atoms with Crippen LogP contribution in [0.3, 0.4) is 0 Å². The highest BCUT2D eigenvalue weighted by Gasteiger charge is 2.34. The lowest BCUT2D eigenvalue weighted by molar-refractivity contribution is 0.0142. The van der Waals surface area contributed by atoms with Crippen molar-refractivity contribution in [3.8, 4) is 22.6 Å². The lowest BCUT2D eigenvalue weighted by Gasteiger charge is -2.35. The summed E-state index contributed by atoms with van der Waals surface area (Å²) in [6.45, 7) is 2.41. The third-order valence-electron chi connectivity index (χ3n) is 3.48. The molecule has 3 rings (SSSR count). The first-order valence-corrected chi connectivity index (χ1v) is 7.21. The number of ether oxygens (including phenoxy) is 2. The van der Waals surface area contributed by atoms with Crippen LogP contribution < -0.4 is 9.47 Å². The maximum atomic E-state index is 8.51. The molecule has 1 heterocycles. The SMILES string of the molecule is C[C@]1(CN=[N+]=[N-])COc2cccc(-c3ccc(Cl)cc3)c2O1. The van der Waals surface area contributed by atoms with Gasteiger partial charge in [-0.2, -0.15) is 0 Å². The van der Waals surface area contributed by atoms with Crippen molar-refractivity contribution < 1.29 is 9.47 Å².